The van der Waals surface area contributed by atoms with Gasteiger partial charge in [-0.25, -0.2) is 0 Å². The van der Waals surface area contributed by atoms with Gasteiger partial charge in [-0.3, -0.25) is 0 Å². The molecule has 1 unspecified atom stereocenters. The van der Waals surface area contributed by atoms with E-state index in [0.29, 0.717) is 0 Å². The lowest BCUT2D eigenvalue weighted by molar-refractivity contribution is 0.280. The number of benzene rings is 1. The van der Waals surface area contributed by atoms with E-state index in [1.54, 1.807) is 7.11 Å². The van der Waals surface area contributed by atoms with Crippen molar-refractivity contribution >= 4 is 0 Å². The summed E-state index contributed by atoms with van der Waals surface area (Å²) in [5.41, 5.74) is 4.48. The topological polar surface area (TPSA) is 45.2 Å². The molecule has 0 saturated heterocycles. The Morgan fingerprint density at radius 1 is 1.22 bits per heavy atom. The van der Waals surface area contributed by atoms with Crippen molar-refractivity contribution < 1.29 is 9.84 Å². The third-order valence-electron chi connectivity index (χ3n) is 3.27. The highest BCUT2D eigenvalue weighted by atomic mass is 16.5. The van der Waals surface area contributed by atoms with Crippen molar-refractivity contribution in [2.75, 3.05) is 13.7 Å². The molecule has 96 valence electrons. The number of rotatable bonds is 4. The number of aromatic amines is 1. The number of nitrogens with one attached hydrogen (secondary N) is 1. The van der Waals surface area contributed by atoms with Crippen LogP contribution in [-0.2, 0) is 0 Å². The first-order valence-electron chi connectivity index (χ1n) is 6.06. The van der Waals surface area contributed by atoms with Gasteiger partial charge in [0.15, 0.2) is 0 Å². The second-order valence-electron chi connectivity index (χ2n) is 4.54. The van der Waals surface area contributed by atoms with Crippen LogP contribution in [0.15, 0.2) is 30.3 Å². The summed E-state index contributed by atoms with van der Waals surface area (Å²) in [7, 11) is 1.65. The number of hydrogen-bond donors (Lipinski definition) is 2. The molecule has 0 fully saturated rings. The smallest absolute Gasteiger partial charge is 0.118 e. The Kier molecular flexibility index (Phi) is 3.72. The summed E-state index contributed by atoms with van der Waals surface area (Å²) >= 11 is 0. The summed E-state index contributed by atoms with van der Waals surface area (Å²) in [6, 6.07) is 9.95. The van der Waals surface area contributed by atoms with Gasteiger partial charge in [0.2, 0.25) is 0 Å². The molecule has 3 nitrogen and oxygen atoms in total. The highest BCUT2D eigenvalue weighted by Gasteiger charge is 2.17. The van der Waals surface area contributed by atoms with Crippen molar-refractivity contribution in [2.45, 2.75) is 19.8 Å². The molecule has 0 saturated carbocycles. The standard InChI is InChI=1S/C15H19NO2/c1-10-8-14(11(2)16-10)15(9-17)12-4-6-13(18-3)7-5-12/h4-8,15-17H,9H2,1-3H3. The van der Waals surface area contributed by atoms with Gasteiger partial charge in [0, 0.05) is 17.3 Å². The first-order chi connectivity index (χ1) is 8.65. The fourth-order valence-corrected chi connectivity index (χ4v) is 2.33. The average Bonchev–Trinajstić information content (AvgIpc) is 2.70. The molecule has 0 spiro atoms. The minimum atomic E-state index is 0.0147. The second-order valence-corrected chi connectivity index (χ2v) is 4.54. The quantitative estimate of drug-likeness (QED) is 0.870. The molecule has 3 heteroatoms. The van der Waals surface area contributed by atoms with Gasteiger partial charge in [-0.15, -0.1) is 0 Å². The molecule has 2 rings (SSSR count). The molecule has 1 atom stereocenters. The van der Waals surface area contributed by atoms with Crippen LogP contribution in [0.25, 0.3) is 0 Å². The normalized spacial score (nSPS) is 12.4. The van der Waals surface area contributed by atoms with E-state index in [4.69, 9.17) is 4.74 Å². The monoisotopic (exact) mass is 245 g/mol. The zero-order valence-corrected chi connectivity index (χ0v) is 11.0. The SMILES string of the molecule is COc1ccc(C(CO)c2cc(C)[nH]c2C)cc1. The maximum atomic E-state index is 9.65. The predicted octanol–water partition coefficient (Wildman–Crippen LogP) is 2.76. The number of H-pyrrole nitrogens is 1. The van der Waals surface area contributed by atoms with E-state index in [9.17, 15) is 5.11 Å². The molecule has 2 N–H and O–H groups in total. The Bertz CT molecular complexity index is 514. The van der Waals surface area contributed by atoms with Crippen molar-refractivity contribution in [1.29, 1.82) is 0 Å². The highest BCUT2D eigenvalue weighted by Crippen LogP contribution is 2.28. The van der Waals surface area contributed by atoms with Gasteiger partial charge in [-0.05, 0) is 43.2 Å². The molecule has 0 radical (unpaired) electrons. The van der Waals surface area contributed by atoms with Crippen LogP contribution in [0.2, 0.25) is 0 Å². The van der Waals surface area contributed by atoms with E-state index in [1.807, 2.05) is 38.1 Å². The third-order valence-corrected chi connectivity index (χ3v) is 3.27. The van der Waals surface area contributed by atoms with Crippen molar-refractivity contribution in [1.82, 2.24) is 4.98 Å². The van der Waals surface area contributed by atoms with E-state index in [2.05, 4.69) is 11.1 Å². The van der Waals surface area contributed by atoms with Gasteiger partial charge >= 0.3 is 0 Å². The molecule has 0 amide bonds. The van der Waals surface area contributed by atoms with Crippen LogP contribution < -0.4 is 4.74 Å². The van der Waals surface area contributed by atoms with Crippen molar-refractivity contribution in [2.24, 2.45) is 0 Å². The zero-order chi connectivity index (χ0) is 13.1. The molecule has 0 aliphatic heterocycles. The van der Waals surface area contributed by atoms with Gasteiger partial charge in [0.05, 0.1) is 13.7 Å². The van der Waals surface area contributed by atoms with E-state index in [0.717, 1.165) is 28.3 Å². The van der Waals surface area contributed by atoms with Crippen LogP contribution in [0.3, 0.4) is 0 Å². The number of aromatic nitrogens is 1. The fraction of sp³-hybridized carbons (Fsp3) is 0.333. The number of aliphatic hydroxyl groups excluding tert-OH is 1. The Hall–Kier alpha value is -1.74. The average molecular weight is 245 g/mol. The molecular formula is C15H19NO2. The van der Waals surface area contributed by atoms with Crippen molar-refractivity contribution in [3.8, 4) is 5.75 Å². The van der Waals surface area contributed by atoms with Gasteiger partial charge in [-0.1, -0.05) is 12.1 Å². The molecular weight excluding hydrogens is 226 g/mol. The van der Waals surface area contributed by atoms with Crippen LogP contribution in [-0.4, -0.2) is 23.8 Å². The molecule has 0 aliphatic carbocycles. The lowest BCUT2D eigenvalue weighted by Gasteiger charge is -2.15. The third kappa shape index (κ3) is 2.41. The maximum Gasteiger partial charge on any atom is 0.118 e. The van der Waals surface area contributed by atoms with E-state index in [-0.39, 0.29) is 12.5 Å². The van der Waals surface area contributed by atoms with Crippen LogP contribution in [0.1, 0.15) is 28.4 Å². The number of hydrogen-bond acceptors (Lipinski definition) is 2. The molecule has 2 aromatic rings. The number of aliphatic hydroxyl groups is 1. The molecule has 1 aromatic heterocycles. The lowest BCUT2D eigenvalue weighted by Crippen LogP contribution is -2.06. The summed E-state index contributed by atoms with van der Waals surface area (Å²) in [5.74, 6) is 0.846. The maximum absolute atomic E-state index is 9.65. The van der Waals surface area contributed by atoms with Crippen molar-refractivity contribution in [3.63, 3.8) is 0 Å². The molecule has 1 heterocycles. The van der Waals surface area contributed by atoms with Gasteiger partial charge in [0.25, 0.3) is 0 Å². The number of methoxy groups -OCH3 is 1. The van der Waals surface area contributed by atoms with E-state index >= 15 is 0 Å². The van der Waals surface area contributed by atoms with Crippen molar-refractivity contribution in [3.05, 3.63) is 52.8 Å². The summed E-state index contributed by atoms with van der Waals surface area (Å²) in [4.78, 5) is 3.28. The van der Waals surface area contributed by atoms with E-state index < -0.39 is 0 Å². The largest absolute Gasteiger partial charge is 0.497 e. The Morgan fingerprint density at radius 2 is 1.89 bits per heavy atom. The van der Waals surface area contributed by atoms with Crippen LogP contribution in [0.4, 0.5) is 0 Å². The summed E-state index contributed by atoms with van der Waals surface area (Å²) < 4.78 is 5.15. The Labute approximate surface area is 107 Å². The zero-order valence-electron chi connectivity index (χ0n) is 11.0. The number of aryl methyl sites for hydroxylation is 2. The predicted molar refractivity (Wildman–Crippen MR) is 72.2 cm³/mol. The molecule has 1 aromatic carbocycles. The van der Waals surface area contributed by atoms with Gasteiger partial charge in [0.1, 0.15) is 5.75 Å². The minimum absolute atomic E-state index is 0.0147. The highest BCUT2D eigenvalue weighted by molar-refractivity contribution is 5.39. The summed E-state index contributed by atoms with van der Waals surface area (Å²) in [6.45, 7) is 4.16. The van der Waals surface area contributed by atoms with E-state index in [1.165, 1.54) is 0 Å². The number of ether oxygens (including phenoxy) is 1. The molecule has 0 aliphatic rings. The second kappa shape index (κ2) is 5.27. The molecule has 18 heavy (non-hydrogen) atoms. The minimum Gasteiger partial charge on any atom is -0.497 e. The molecule has 0 bridgehead atoms. The Balaban J connectivity index is 2.35. The fourth-order valence-electron chi connectivity index (χ4n) is 2.33. The first kappa shape index (κ1) is 12.7. The summed E-state index contributed by atoms with van der Waals surface area (Å²) in [5, 5.41) is 9.65. The lowest BCUT2D eigenvalue weighted by atomic mass is 9.92. The van der Waals surface area contributed by atoms with Crippen LogP contribution in [0.5, 0.6) is 5.75 Å². The first-order valence-corrected chi connectivity index (χ1v) is 6.06. The summed E-state index contributed by atoms with van der Waals surface area (Å²) in [6.07, 6.45) is 0. The Morgan fingerprint density at radius 3 is 2.33 bits per heavy atom. The van der Waals surface area contributed by atoms with Crippen LogP contribution in [0, 0.1) is 13.8 Å². The van der Waals surface area contributed by atoms with Gasteiger partial charge in [-0.2, -0.15) is 0 Å². The van der Waals surface area contributed by atoms with Crippen LogP contribution >= 0.6 is 0 Å². The van der Waals surface area contributed by atoms with Gasteiger partial charge < -0.3 is 14.8 Å².